The molecule has 2 aliphatic heterocycles. The van der Waals surface area contributed by atoms with Gasteiger partial charge < -0.3 is 19.7 Å². The van der Waals surface area contributed by atoms with Crippen molar-refractivity contribution < 1.29 is 19.1 Å². The summed E-state index contributed by atoms with van der Waals surface area (Å²) in [6.45, 7) is 13.5. The molecule has 2 saturated heterocycles. The number of nitrogens with zero attached hydrogens (tertiary/aromatic N) is 1. The lowest BCUT2D eigenvalue weighted by Gasteiger charge is -2.50. The van der Waals surface area contributed by atoms with E-state index >= 15 is 0 Å². The summed E-state index contributed by atoms with van der Waals surface area (Å²) in [5.74, 6) is -0.0667. The van der Waals surface area contributed by atoms with Gasteiger partial charge in [-0.1, -0.05) is 97.3 Å². The molecule has 1 atom stereocenters. The van der Waals surface area contributed by atoms with E-state index in [1.54, 1.807) is 0 Å². The Hall–Kier alpha value is -1.14. The van der Waals surface area contributed by atoms with Crippen LogP contribution in [0, 0.1) is 0 Å². The predicted molar refractivity (Wildman–Crippen MR) is 177 cm³/mol. The summed E-state index contributed by atoms with van der Waals surface area (Å²) >= 11 is 0. The first-order valence-electron chi connectivity index (χ1n) is 18.5. The van der Waals surface area contributed by atoms with Crippen molar-refractivity contribution in [1.82, 2.24) is 10.2 Å². The largest absolute Gasteiger partial charge is 0.462 e. The van der Waals surface area contributed by atoms with Gasteiger partial charge in [-0.2, -0.15) is 0 Å². The van der Waals surface area contributed by atoms with E-state index in [0.29, 0.717) is 19.4 Å². The fourth-order valence-electron chi connectivity index (χ4n) is 8.58. The molecule has 250 valence electrons. The van der Waals surface area contributed by atoms with Crippen LogP contribution < -0.4 is 5.32 Å². The average Bonchev–Trinajstić information content (AvgIpc) is 3.12. The third-order valence-electron chi connectivity index (χ3n) is 10.2. The Bertz CT molecular complexity index is 826. The molecule has 43 heavy (non-hydrogen) atoms. The van der Waals surface area contributed by atoms with Crippen molar-refractivity contribution in [3.05, 3.63) is 0 Å². The maximum atomic E-state index is 14.6. The summed E-state index contributed by atoms with van der Waals surface area (Å²) in [6, 6.07) is 0. The quantitative estimate of drug-likeness (QED) is 0.168. The number of unbranched alkanes of at least 4 members (excludes halogenated alkanes) is 6. The minimum atomic E-state index is -0.845. The number of amides is 1. The maximum Gasteiger partial charge on any atom is 0.307 e. The van der Waals surface area contributed by atoms with Crippen LogP contribution in [0.25, 0.3) is 0 Å². The van der Waals surface area contributed by atoms with E-state index in [9.17, 15) is 9.59 Å². The zero-order valence-corrected chi connectivity index (χ0v) is 29.1. The van der Waals surface area contributed by atoms with Gasteiger partial charge in [0, 0.05) is 30.5 Å². The Morgan fingerprint density at radius 2 is 1.33 bits per heavy atom. The molecule has 2 heterocycles. The SMILES string of the molecule is CCCCCCCCCC(CC)OC(=O)CCN1C(=O)C2(CC(C)(C)NC(C)(C)C2)OC12CCCCCCCCCCC2. The monoisotopic (exact) mass is 605 g/mol. The van der Waals surface area contributed by atoms with E-state index < -0.39 is 11.3 Å². The first-order valence-corrected chi connectivity index (χ1v) is 18.5. The highest BCUT2D eigenvalue weighted by Gasteiger charge is 2.64. The minimum absolute atomic E-state index is 0.0265. The van der Waals surface area contributed by atoms with E-state index in [4.69, 9.17) is 9.47 Å². The number of esters is 1. The van der Waals surface area contributed by atoms with Gasteiger partial charge in [0.15, 0.2) is 5.60 Å². The standard InChI is InChI=1S/C37H68N2O4/c1-7-9-10-11-15-18-21-24-31(8-2)42-32(40)25-28-39-33(41)36(29-34(3,4)38-35(5,6)30-36)43-37(39)26-22-19-16-13-12-14-17-20-23-27-37/h31,38H,7-30H2,1-6H3. The van der Waals surface area contributed by atoms with Gasteiger partial charge in [0.25, 0.3) is 5.91 Å². The van der Waals surface area contributed by atoms with Gasteiger partial charge in [-0.05, 0) is 72.6 Å². The smallest absolute Gasteiger partial charge is 0.307 e. The van der Waals surface area contributed by atoms with E-state index in [0.717, 1.165) is 44.9 Å². The van der Waals surface area contributed by atoms with Crippen molar-refractivity contribution in [2.45, 2.75) is 218 Å². The Labute approximate surface area is 265 Å². The second-order valence-corrected chi connectivity index (χ2v) is 15.6. The molecule has 0 radical (unpaired) electrons. The number of carbonyl (C=O) groups is 2. The molecular weight excluding hydrogens is 536 g/mol. The minimum Gasteiger partial charge on any atom is -0.462 e. The van der Waals surface area contributed by atoms with Crippen molar-refractivity contribution in [1.29, 1.82) is 0 Å². The third-order valence-corrected chi connectivity index (χ3v) is 10.2. The summed E-state index contributed by atoms with van der Waals surface area (Å²) in [6.07, 6.45) is 24.8. The summed E-state index contributed by atoms with van der Waals surface area (Å²) in [5.41, 5.74) is -1.91. The lowest BCUT2D eigenvalue weighted by Crippen LogP contribution is -2.65. The third kappa shape index (κ3) is 11.0. The van der Waals surface area contributed by atoms with Crippen molar-refractivity contribution in [3.63, 3.8) is 0 Å². The Morgan fingerprint density at radius 3 is 1.86 bits per heavy atom. The predicted octanol–water partition coefficient (Wildman–Crippen LogP) is 9.38. The molecule has 0 bridgehead atoms. The molecule has 2 spiro atoms. The lowest BCUT2D eigenvalue weighted by atomic mass is 9.72. The molecule has 3 rings (SSSR count). The molecule has 6 heteroatoms. The lowest BCUT2D eigenvalue weighted by molar-refractivity contribution is -0.177. The van der Waals surface area contributed by atoms with Crippen LogP contribution in [-0.4, -0.2) is 51.8 Å². The van der Waals surface area contributed by atoms with Crippen LogP contribution in [0.4, 0.5) is 0 Å². The molecule has 0 aromatic heterocycles. The Balaban J connectivity index is 1.70. The molecule has 1 N–H and O–H groups in total. The van der Waals surface area contributed by atoms with Gasteiger partial charge in [0.05, 0.1) is 6.42 Å². The van der Waals surface area contributed by atoms with E-state index in [-0.39, 0.29) is 35.5 Å². The van der Waals surface area contributed by atoms with Gasteiger partial charge in [0.2, 0.25) is 0 Å². The van der Waals surface area contributed by atoms with Crippen molar-refractivity contribution >= 4 is 11.9 Å². The molecule has 1 aliphatic carbocycles. The summed E-state index contributed by atoms with van der Waals surface area (Å²) in [7, 11) is 0. The number of ether oxygens (including phenoxy) is 2. The number of piperidine rings is 1. The molecular formula is C37H68N2O4. The van der Waals surface area contributed by atoms with Crippen LogP contribution >= 0.6 is 0 Å². The first-order chi connectivity index (χ1) is 20.5. The van der Waals surface area contributed by atoms with Crippen LogP contribution in [0.1, 0.15) is 189 Å². The van der Waals surface area contributed by atoms with E-state index in [2.05, 4.69) is 46.9 Å². The second kappa shape index (κ2) is 17.0. The first kappa shape index (κ1) is 36.3. The normalized spacial score (nSPS) is 24.4. The van der Waals surface area contributed by atoms with Gasteiger partial charge in [-0.25, -0.2) is 0 Å². The van der Waals surface area contributed by atoms with Gasteiger partial charge >= 0.3 is 5.97 Å². The molecule has 6 nitrogen and oxygen atoms in total. The van der Waals surface area contributed by atoms with Crippen LogP contribution in [-0.2, 0) is 19.1 Å². The molecule has 0 aromatic rings. The number of hydrogen-bond acceptors (Lipinski definition) is 5. The zero-order chi connectivity index (χ0) is 31.4. The molecule has 3 fully saturated rings. The topological polar surface area (TPSA) is 67.9 Å². The van der Waals surface area contributed by atoms with Crippen LogP contribution in [0.15, 0.2) is 0 Å². The van der Waals surface area contributed by atoms with Gasteiger partial charge in [-0.15, -0.1) is 0 Å². The molecule has 3 aliphatic rings. The number of rotatable bonds is 13. The number of nitrogens with one attached hydrogen (secondary N) is 1. The van der Waals surface area contributed by atoms with Crippen LogP contribution in [0.5, 0.6) is 0 Å². The summed E-state index contributed by atoms with van der Waals surface area (Å²) in [5, 5.41) is 3.75. The Kier molecular flexibility index (Phi) is 14.3. The molecule has 1 unspecified atom stereocenters. The number of carbonyl (C=O) groups excluding carboxylic acids is 2. The van der Waals surface area contributed by atoms with Gasteiger partial charge in [-0.3, -0.25) is 9.59 Å². The summed E-state index contributed by atoms with van der Waals surface area (Å²) in [4.78, 5) is 29.8. The van der Waals surface area contributed by atoms with E-state index in [1.165, 1.54) is 83.5 Å². The Morgan fingerprint density at radius 1 is 0.814 bits per heavy atom. The van der Waals surface area contributed by atoms with Gasteiger partial charge in [0.1, 0.15) is 11.8 Å². The van der Waals surface area contributed by atoms with Crippen molar-refractivity contribution in [2.24, 2.45) is 0 Å². The highest BCUT2D eigenvalue weighted by Crippen LogP contribution is 2.51. The van der Waals surface area contributed by atoms with Crippen molar-refractivity contribution in [3.8, 4) is 0 Å². The number of hydrogen-bond donors (Lipinski definition) is 1. The van der Waals surface area contributed by atoms with Crippen LogP contribution in [0.2, 0.25) is 0 Å². The fourth-order valence-corrected chi connectivity index (χ4v) is 8.58. The fraction of sp³-hybridized carbons (Fsp3) is 0.946. The summed E-state index contributed by atoms with van der Waals surface area (Å²) < 4.78 is 13.2. The van der Waals surface area contributed by atoms with Crippen molar-refractivity contribution in [2.75, 3.05) is 6.54 Å². The molecule has 1 amide bonds. The molecule has 1 saturated carbocycles. The molecule has 0 aromatic carbocycles. The average molecular weight is 605 g/mol. The highest BCUT2D eigenvalue weighted by atomic mass is 16.6. The zero-order valence-electron chi connectivity index (χ0n) is 29.1. The second-order valence-electron chi connectivity index (χ2n) is 15.6. The van der Waals surface area contributed by atoms with Crippen LogP contribution in [0.3, 0.4) is 0 Å². The van der Waals surface area contributed by atoms with E-state index in [1.807, 2.05) is 4.90 Å². The maximum absolute atomic E-state index is 14.6. The highest BCUT2D eigenvalue weighted by molar-refractivity contribution is 5.89.